The van der Waals surface area contributed by atoms with E-state index in [0.29, 0.717) is 17.9 Å². The maximum atomic E-state index is 12.1. The molecule has 4 nitrogen and oxygen atoms in total. The van der Waals surface area contributed by atoms with Gasteiger partial charge in [-0.3, -0.25) is 9.59 Å². The molecule has 2 aromatic rings. The second kappa shape index (κ2) is 7.75. The third-order valence-corrected chi connectivity index (χ3v) is 3.59. The average molecular weight is 362 g/mol. The van der Waals surface area contributed by atoms with E-state index in [-0.39, 0.29) is 11.7 Å². The van der Waals surface area contributed by atoms with Gasteiger partial charge in [-0.25, -0.2) is 0 Å². The van der Waals surface area contributed by atoms with E-state index in [1.165, 1.54) is 6.92 Å². The predicted molar refractivity (Wildman–Crippen MR) is 88.1 cm³/mol. The van der Waals surface area contributed by atoms with Crippen LogP contribution in [-0.4, -0.2) is 16.6 Å². The predicted octanol–water partition coefficient (Wildman–Crippen LogP) is 3.31. The number of hydrogen-bond acceptors (Lipinski definition) is 3. The molecule has 5 heteroatoms. The third kappa shape index (κ3) is 4.70. The lowest BCUT2D eigenvalue weighted by Crippen LogP contribution is -2.34. The summed E-state index contributed by atoms with van der Waals surface area (Å²) >= 11 is 3.15. The standard InChI is InChI=1S/C17H16BrNO3/c1-12(20)19-17(18)16(21)14-7-9-15(10-8-14)22-11-13-5-3-2-4-6-13/h2-10,17H,11H2,1H3,(H,19,20). The lowest BCUT2D eigenvalue weighted by molar-refractivity contribution is -0.118. The van der Waals surface area contributed by atoms with E-state index >= 15 is 0 Å². The van der Waals surface area contributed by atoms with Gasteiger partial charge in [-0.2, -0.15) is 0 Å². The summed E-state index contributed by atoms with van der Waals surface area (Å²) in [6, 6.07) is 16.7. The number of ether oxygens (including phenoxy) is 1. The number of hydrogen-bond donors (Lipinski definition) is 1. The third-order valence-electron chi connectivity index (χ3n) is 2.95. The van der Waals surface area contributed by atoms with Crippen molar-refractivity contribution in [3.05, 3.63) is 65.7 Å². The summed E-state index contributed by atoms with van der Waals surface area (Å²) in [6.45, 7) is 1.84. The maximum absolute atomic E-state index is 12.1. The Bertz CT molecular complexity index is 641. The van der Waals surface area contributed by atoms with Crippen LogP contribution >= 0.6 is 15.9 Å². The number of carbonyl (C=O) groups excluding carboxylic acids is 2. The van der Waals surface area contributed by atoms with Gasteiger partial charge in [0.1, 0.15) is 17.3 Å². The van der Waals surface area contributed by atoms with Gasteiger partial charge in [0.2, 0.25) is 5.91 Å². The van der Waals surface area contributed by atoms with Gasteiger partial charge in [-0.1, -0.05) is 46.3 Å². The first-order valence-corrected chi connectivity index (χ1v) is 7.70. The molecule has 0 saturated carbocycles. The SMILES string of the molecule is CC(=O)NC(Br)C(=O)c1ccc(OCc2ccccc2)cc1. The van der Waals surface area contributed by atoms with Crippen molar-refractivity contribution in [3.63, 3.8) is 0 Å². The summed E-state index contributed by atoms with van der Waals surface area (Å²) < 4.78 is 5.66. The molecule has 114 valence electrons. The Morgan fingerprint density at radius 1 is 1.09 bits per heavy atom. The summed E-state index contributed by atoms with van der Waals surface area (Å²) in [5.41, 5.74) is 1.58. The summed E-state index contributed by atoms with van der Waals surface area (Å²) in [5, 5.41) is 2.50. The summed E-state index contributed by atoms with van der Waals surface area (Å²) in [6.07, 6.45) is 0. The average Bonchev–Trinajstić information content (AvgIpc) is 2.53. The maximum Gasteiger partial charge on any atom is 0.218 e. The number of ketones is 1. The molecule has 0 bridgehead atoms. The van der Waals surface area contributed by atoms with Crippen molar-refractivity contribution in [1.82, 2.24) is 5.32 Å². The van der Waals surface area contributed by atoms with Crippen LogP contribution in [0.5, 0.6) is 5.75 Å². The van der Waals surface area contributed by atoms with Gasteiger partial charge in [0.15, 0.2) is 5.78 Å². The van der Waals surface area contributed by atoms with Gasteiger partial charge in [0.05, 0.1) is 0 Å². The Hall–Kier alpha value is -2.14. The highest BCUT2D eigenvalue weighted by molar-refractivity contribution is 9.10. The number of alkyl halides is 1. The minimum Gasteiger partial charge on any atom is -0.489 e. The summed E-state index contributed by atoms with van der Waals surface area (Å²) in [7, 11) is 0. The van der Waals surface area contributed by atoms with Crippen molar-refractivity contribution < 1.29 is 14.3 Å². The lowest BCUT2D eigenvalue weighted by Gasteiger charge is -2.10. The van der Waals surface area contributed by atoms with Crippen LogP contribution in [0.4, 0.5) is 0 Å². The van der Waals surface area contributed by atoms with Crippen molar-refractivity contribution in [2.75, 3.05) is 0 Å². The van der Waals surface area contributed by atoms with Crippen LogP contribution in [0.15, 0.2) is 54.6 Å². The Balaban J connectivity index is 1.95. The molecule has 1 atom stereocenters. The normalized spacial score (nSPS) is 11.5. The van der Waals surface area contributed by atoms with E-state index in [1.54, 1.807) is 24.3 Å². The highest BCUT2D eigenvalue weighted by Crippen LogP contribution is 2.16. The Morgan fingerprint density at radius 3 is 2.32 bits per heavy atom. The van der Waals surface area contributed by atoms with E-state index < -0.39 is 4.95 Å². The molecule has 0 aliphatic heterocycles. The van der Waals surface area contributed by atoms with Gasteiger partial charge in [0.25, 0.3) is 0 Å². The largest absolute Gasteiger partial charge is 0.489 e. The quantitative estimate of drug-likeness (QED) is 0.487. The van der Waals surface area contributed by atoms with E-state index in [1.807, 2.05) is 30.3 Å². The van der Waals surface area contributed by atoms with Crippen LogP contribution < -0.4 is 10.1 Å². The van der Waals surface area contributed by atoms with Crippen molar-refractivity contribution in [3.8, 4) is 5.75 Å². The number of nitrogens with one attached hydrogen (secondary N) is 1. The molecule has 0 saturated heterocycles. The van der Waals surface area contributed by atoms with E-state index in [4.69, 9.17) is 4.74 Å². The second-order valence-corrected chi connectivity index (χ2v) is 5.64. The van der Waals surface area contributed by atoms with Crippen molar-refractivity contribution in [2.24, 2.45) is 0 Å². The van der Waals surface area contributed by atoms with Crippen LogP contribution in [0.2, 0.25) is 0 Å². The first kappa shape index (κ1) is 16.2. The van der Waals surface area contributed by atoms with Crippen LogP contribution in [0.25, 0.3) is 0 Å². The fourth-order valence-electron chi connectivity index (χ4n) is 1.85. The highest BCUT2D eigenvalue weighted by atomic mass is 79.9. The molecule has 0 radical (unpaired) electrons. The minimum atomic E-state index is -0.721. The number of carbonyl (C=O) groups is 2. The fourth-order valence-corrected chi connectivity index (χ4v) is 2.43. The first-order valence-electron chi connectivity index (χ1n) is 6.78. The van der Waals surface area contributed by atoms with E-state index in [0.717, 1.165) is 5.56 Å². The Labute approximate surface area is 137 Å². The zero-order valence-corrected chi connectivity index (χ0v) is 13.7. The minimum absolute atomic E-state index is 0.204. The number of halogens is 1. The number of amides is 1. The van der Waals surface area contributed by atoms with Crippen LogP contribution in [0, 0.1) is 0 Å². The molecule has 1 amide bonds. The van der Waals surface area contributed by atoms with Crippen LogP contribution in [0.1, 0.15) is 22.8 Å². The van der Waals surface area contributed by atoms with E-state index in [2.05, 4.69) is 21.2 Å². The van der Waals surface area contributed by atoms with Crippen molar-refractivity contribution in [2.45, 2.75) is 18.5 Å². The van der Waals surface area contributed by atoms with Crippen molar-refractivity contribution >= 4 is 27.6 Å². The molecule has 0 spiro atoms. The van der Waals surface area contributed by atoms with Gasteiger partial charge < -0.3 is 10.1 Å². The second-order valence-electron chi connectivity index (χ2n) is 4.73. The Kier molecular flexibility index (Phi) is 5.72. The smallest absolute Gasteiger partial charge is 0.218 e. The molecule has 0 heterocycles. The molecule has 22 heavy (non-hydrogen) atoms. The molecule has 2 rings (SSSR count). The molecule has 0 fully saturated rings. The van der Waals surface area contributed by atoms with Gasteiger partial charge in [0, 0.05) is 12.5 Å². The molecule has 1 unspecified atom stereocenters. The molecule has 0 aliphatic rings. The molecule has 0 aliphatic carbocycles. The summed E-state index contributed by atoms with van der Waals surface area (Å²) in [4.78, 5) is 22.3. The fraction of sp³-hybridized carbons (Fsp3) is 0.176. The number of rotatable bonds is 6. The Morgan fingerprint density at radius 2 is 1.73 bits per heavy atom. The molecule has 2 aromatic carbocycles. The van der Waals surface area contributed by atoms with Crippen molar-refractivity contribution in [1.29, 1.82) is 0 Å². The first-order chi connectivity index (χ1) is 10.6. The molecule has 0 aromatic heterocycles. The van der Waals surface area contributed by atoms with Gasteiger partial charge >= 0.3 is 0 Å². The molecular formula is C17H16BrNO3. The molecule has 1 N–H and O–H groups in total. The van der Waals surface area contributed by atoms with Gasteiger partial charge in [-0.05, 0) is 29.8 Å². The monoisotopic (exact) mass is 361 g/mol. The zero-order chi connectivity index (χ0) is 15.9. The molecular weight excluding hydrogens is 346 g/mol. The topological polar surface area (TPSA) is 55.4 Å². The lowest BCUT2D eigenvalue weighted by atomic mass is 10.1. The van der Waals surface area contributed by atoms with Crippen LogP contribution in [-0.2, 0) is 11.4 Å². The van der Waals surface area contributed by atoms with Gasteiger partial charge in [-0.15, -0.1) is 0 Å². The van der Waals surface area contributed by atoms with Crippen LogP contribution in [0.3, 0.4) is 0 Å². The number of Topliss-reactive ketones (excluding diaryl/α,β-unsaturated/α-hetero) is 1. The number of benzene rings is 2. The zero-order valence-electron chi connectivity index (χ0n) is 12.1. The van der Waals surface area contributed by atoms with E-state index in [9.17, 15) is 9.59 Å². The summed E-state index contributed by atoms with van der Waals surface area (Å²) in [5.74, 6) is 0.217. The highest BCUT2D eigenvalue weighted by Gasteiger charge is 2.17.